The maximum Gasteiger partial charge on any atom is 0.123 e. The Morgan fingerprint density at radius 3 is 2.85 bits per heavy atom. The minimum atomic E-state index is -0.0994. The molecule has 2 unspecified atom stereocenters. The van der Waals surface area contributed by atoms with Crippen molar-refractivity contribution >= 4 is 0 Å². The van der Waals surface area contributed by atoms with Crippen molar-refractivity contribution in [2.75, 3.05) is 6.61 Å². The highest BCUT2D eigenvalue weighted by atomic mass is 19.1. The van der Waals surface area contributed by atoms with Crippen molar-refractivity contribution in [3.05, 3.63) is 35.6 Å². The fraction of sp³-hybridized carbons (Fsp3) is 0.667. The average Bonchev–Trinajstić information content (AvgIpc) is 3.19. The number of hydrogen-bond acceptors (Lipinski definition) is 1. The van der Waals surface area contributed by atoms with E-state index in [9.17, 15) is 4.39 Å². The molecule has 2 saturated carbocycles. The lowest BCUT2D eigenvalue weighted by atomic mass is 9.75. The Labute approximate surface area is 121 Å². The molecule has 0 heterocycles. The lowest BCUT2D eigenvalue weighted by Crippen LogP contribution is -2.23. The molecule has 3 rings (SSSR count). The molecule has 2 fully saturated rings. The molecule has 110 valence electrons. The van der Waals surface area contributed by atoms with E-state index < -0.39 is 0 Å². The number of ether oxygens (including phenoxy) is 1. The molecule has 2 aliphatic rings. The van der Waals surface area contributed by atoms with Crippen molar-refractivity contribution in [1.82, 2.24) is 0 Å². The van der Waals surface area contributed by atoms with Crippen LogP contribution in [-0.2, 0) is 4.74 Å². The molecule has 1 aromatic carbocycles. The van der Waals surface area contributed by atoms with E-state index in [1.807, 2.05) is 6.07 Å². The van der Waals surface area contributed by atoms with E-state index in [0.29, 0.717) is 5.92 Å². The number of benzene rings is 1. The Kier molecular flexibility index (Phi) is 4.11. The number of hydrogen-bond donors (Lipinski definition) is 0. The highest BCUT2D eigenvalue weighted by Crippen LogP contribution is 2.49. The zero-order chi connectivity index (χ0) is 14.0. The standard InChI is InChI=1S/C18H25FO/c1-2-20-18(9-10-18)13-14-5-3-6-15(11-14)16-7-4-8-17(19)12-16/h4,7-8,12,14-15H,2-3,5-6,9-11,13H2,1H3. The van der Waals surface area contributed by atoms with Gasteiger partial charge in [0.1, 0.15) is 5.82 Å². The molecule has 0 aliphatic heterocycles. The first-order chi connectivity index (χ1) is 9.71. The quantitative estimate of drug-likeness (QED) is 0.730. The Hall–Kier alpha value is -0.890. The van der Waals surface area contributed by atoms with Crippen LogP contribution in [0, 0.1) is 11.7 Å². The van der Waals surface area contributed by atoms with Gasteiger partial charge in [-0.25, -0.2) is 4.39 Å². The molecule has 0 saturated heterocycles. The molecule has 2 aliphatic carbocycles. The molecule has 0 aromatic heterocycles. The average molecular weight is 276 g/mol. The normalized spacial score (nSPS) is 28.3. The summed E-state index contributed by atoms with van der Waals surface area (Å²) in [6, 6.07) is 7.20. The Balaban J connectivity index is 1.62. The van der Waals surface area contributed by atoms with Gasteiger partial charge in [-0.3, -0.25) is 0 Å². The van der Waals surface area contributed by atoms with Crippen molar-refractivity contribution in [2.45, 2.75) is 63.4 Å². The highest BCUT2D eigenvalue weighted by molar-refractivity contribution is 5.21. The number of halogens is 1. The molecule has 0 bridgehead atoms. The SMILES string of the molecule is CCOC1(CC2CCCC(c3cccc(F)c3)C2)CC1. The van der Waals surface area contributed by atoms with Gasteiger partial charge in [-0.05, 0) is 68.6 Å². The van der Waals surface area contributed by atoms with Crippen LogP contribution in [0.5, 0.6) is 0 Å². The zero-order valence-corrected chi connectivity index (χ0v) is 12.4. The lowest BCUT2D eigenvalue weighted by molar-refractivity contribution is 0.0181. The van der Waals surface area contributed by atoms with Gasteiger partial charge < -0.3 is 4.74 Å². The first-order valence-electron chi connectivity index (χ1n) is 8.10. The van der Waals surface area contributed by atoms with E-state index in [2.05, 4.69) is 13.0 Å². The summed E-state index contributed by atoms with van der Waals surface area (Å²) in [6.45, 7) is 2.93. The lowest BCUT2D eigenvalue weighted by Gasteiger charge is -2.32. The van der Waals surface area contributed by atoms with E-state index in [1.165, 1.54) is 56.6 Å². The van der Waals surface area contributed by atoms with Crippen molar-refractivity contribution in [3.63, 3.8) is 0 Å². The zero-order valence-electron chi connectivity index (χ0n) is 12.4. The van der Waals surface area contributed by atoms with Crippen molar-refractivity contribution in [2.24, 2.45) is 5.92 Å². The highest BCUT2D eigenvalue weighted by Gasteiger charge is 2.45. The summed E-state index contributed by atoms with van der Waals surface area (Å²) in [7, 11) is 0. The first-order valence-corrected chi connectivity index (χ1v) is 8.10. The Morgan fingerprint density at radius 1 is 1.30 bits per heavy atom. The van der Waals surface area contributed by atoms with E-state index in [-0.39, 0.29) is 11.4 Å². The third kappa shape index (κ3) is 3.22. The van der Waals surface area contributed by atoms with Gasteiger partial charge in [-0.15, -0.1) is 0 Å². The van der Waals surface area contributed by atoms with Crippen molar-refractivity contribution < 1.29 is 9.13 Å². The van der Waals surface area contributed by atoms with Crippen LogP contribution in [-0.4, -0.2) is 12.2 Å². The summed E-state index contributed by atoms with van der Waals surface area (Å²) in [5.41, 5.74) is 1.40. The van der Waals surface area contributed by atoms with Gasteiger partial charge >= 0.3 is 0 Å². The van der Waals surface area contributed by atoms with Crippen LogP contribution in [0.25, 0.3) is 0 Å². The van der Waals surface area contributed by atoms with Crippen LogP contribution in [0.15, 0.2) is 24.3 Å². The van der Waals surface area contributed by atoms with Gasteiger partial charge in [0.2, 0.25) is 0 Å². The van der Waals surface area contributed by atoms with Crippen LogP contribution in [0.1, 0.15) is 63.4 Å². The maximum absolute atomic E-state index is 13.4. The predicted octanol–water partition coefficient (Wildman–Crippen LogP) is 5.06. The second-order valence-corrected chi connectivity index (χ2v) is 6.60. The monoisotopic (exact) mass is 276 g/mol. The fourth-order valence-electron chi connectivity index (χ4n) is 3.92. The van der Waals surface area contributed by atoms with E-state index in [1.54, 1.807) is 6.07 Å². The van der Waals surface area contributed by atoms with Gasteiger partial charge in [0, 0.05) is 6.61 Å². The molecule has 20 heavy (non-hydrogen) atoms. The first kappa shape index (κ1) is 14.1. The largest absolute Gasteiger partial charge is 0.375 e. The minimum absolute atomic E-state index is 0.0994. The molecular weight excluding hydrogens is 251 g/mol. The van der Waals surface area contributed by atoms with Gasteiger partial charge in [0.05, 0.1) is 5.60 Å². The van der Waals surface area contributed by atoms with E-state index >= 15 is 0 Å². The molecule has 0 amide bonds. The summed E-state index contributed by atoms with van der Waals surface area (Å²) >= 11 is 0. The fourth-order valence-corrected chi connectivity index (χ4v) is 3.92. The predicted molar refractivity (Wildman–Crippen MR) is 79.3 cm³/mol. The van der Waals surface area contributed by atoms with Crippen molar-refractivity contribution in [1.29, 1.82) is 0 Å². The molecule has 0 radical (unpaired) electrons. The van der Waals surface area contributed by atoms with Crippen LogP contribution in [0.4, 0.5) is 4.39 Å². The summed E-state index contributed by atoms with van der Waals surface area (Å²) in [5, 5.41) is 0. The van der Waals surface area contributed by atoms with Gasteiger partial charge in [-0.2, -0.15) is 0 Å². The Morgan fingerprint density at radius 2 is 2.15 bits per heavy atom. The summed E-state index contributed by atoms with van der Waals surface area (Å²) in [4.78, 5) is 0. The second kappa shape index (κ2) is 5.85. The number of rotatable bonds is 5. The van der Waals surface area contributed by atoms with Crippen LogP contribution >= 0.6 is 0 Å². The van der Waals surface area contributed by atoms with Gasteiger partial charge in [0.25, 0.3) is 0 Å². The topological polar surface area (TPSA) is 9.23 Å². The smallest absolute Gasteiger partial charge is 0.123 e. The summed E-state index contributed by atoms with van der Waals surface area (Å²) in [5.74, 6) is 1.20. The summed E-state index contributed by atoms with van der Waals surface area (Å²) in [6.07, 6.45) is 8.70. The molecule has 2 atom stereocenters. The maximum atomic E-state index is 13.4. The minimum Gasteiger partial charge on any atom is -0.375 e. The van der Waals surface area contributed by atoms with Crippen LogP contribution in [0.2, 0.25) is 0 Å². The molecule has 0 N–H and O–H groups in total. The van der Waals surface area contributed by atoms with Crippen LogP contribution < -0.4 is 0 Å². The van der Waals surface area contributed by atoms with Gasteiger partial charge in [-0.1, -0.05) is 25.0 Å². The van der Waals surface area contributed by atoms with E-state index in [0.717, 1.165) is 12.5 Å². The second-order valence-electron chi connectivity index (χ2n) is 6.60. The Bertz CT molecular complexity index is 452. The summed E-state index contributed by atoms with van der Waals surface area (Å²) < 4.78 is 19.3. The molecular formula is C18H25FO. The van der Waals surface area contributed by atoms with E-state index in [4.69, 9.17) is 4.74 Å². The van der Waals surface area contributed by atoms with Crippen LogP contribution in [0.3, 0.4) is 0 Å². The molecule has 2 heteroatoms. The third-order valence-electron chi connectivity index (χ3n) is 5.02. The molecule has 1 aromatic rings. The van der Waals surface area contributed by atoms with Gasteiger partial charge in [0.15, 0.2) is 0 Å². The van der Waals surface area contributed by atoms with Crippen molar-refractivity contribution in [3.8, 4) is 0 Å². The molecule has 1 nitrogen and oxygen atoms in total. The molecule has 0 spiro atoms. The third-order valence-corrected chi connectivity index (χ3v) is 5.02.